The zero-order valence-corrected chi connectivity index (χ0v) is 13.3. The molecule has 21 heavy (non-hydrogen) atoms. The predicted molar refractivity (Wildman–Crippen MR) is 86.7 cm³/mol. The van der Waals surface area contributed by atoms with Gasteiger partial charge in [0.25, 0.3) is 0 Å². The molecule has 0 fully saturated rings. The van der Waals surface area contributed by atoms with Crippen LogP contribution in [0.15, 0.2) is 47.4 Å². The quantitative estimate of drug-likeness (QED) is 0.772. The topological polar surface area (TPSA) is 21.3 Å². The minimum absolute atomic E-state index is 0.249. The Hall–Kier alpha value is -1.52. The van der Waals surface area contributed by atoms with Crippen LogP contribution in [0.25, 0.3) is 0 Å². The molecule has 2 aromatic carbocycles. The van der Waals surface area contributed by atoms with Crippen molar-refractivity contribution in [3.8, 4) is 11.5 Å². The van der Waals surface area contributed by atoms with Crippen LogP contribution >= 0.6 is 11.8 Å². The van der Waals surface area contributed by atoms with Crippen molar-refractivity contribution in [3.05, 3.63) is 53.8 Å². The van der Waals surface area contributed by atoms with Crippen LogP contribution in [0.2, 0.25) is 0 Å². The van der Waals surface area contributed by atoms with Crippen LogP contribution in [-0.4, -0.2) is 12.3 Å². The lowest BCUT2D eigenvalue weighted by Gasteiger charge is -2.15. The summed E-state index contributed by atoms with van der Waals surface area (Å²) in [4.78, 5) is 1.06. The number of ether oxygens (including phenoxy) is 1. The van der Waals surface area contributed by atoms with Crippen LogP contribution in [0.1, 0.15) is 19.4 Å². The average molecular weight is 305 g/mol. The molecule has 0 saturated heterocycles. The normalized spacial score (nSPS) is 10.9. The number of benzene rings is 2. The summed E-state index contributed by atoms with van der Waals surface area (Å²) in [5.74, 6) is 1.23. The summed E-state index contributed by atoms with van der Waals surface area (Å²) >= 11 is 1.63. The molecule has 0 bridgehead atoms. The minimum atomic E-state index is -0.249. The summed E-state index contributed by atoms with van der Waals surface area (Å²) in [5.41, 5.74) is 0.819. The molecule has 0 amide bonds. The van der Waals surface area contributed by atoms with Gasteiger partial charge in [0.2, 0.25) is 0 Å². The monoisotopic (exact) mass is 305 g/mol. The Morgan fingerprint density at radius 2 is 1.90 bits per heavy atom. The summed E-state index contributed by atoms with van der Waals surface area (Å²) < 4.78 is 19.5. The summed E-state index contributed by atoms with van der Waals surface area (Å²) in [5, 5.41) is 3.29. The van der Waals surface area contributed by atoms with Gasteiger partial charge < -0.3 is 10.1 Å². The lowest BCUT2D eigenvalue weighted by molar-refractivity contribution is 0.456. The van der Waals surface area contributed by atoms with Crippen molar-refractivity contribution in [3.63, 3.8) is 0 Å². The zero-order chi connectivity index (χ0) is 15.2. The fourth-order valence-corrected chi connectivity index (χ4v) is 2.45. The van der Waals surface area contributed by atoms with Gasteiger partial charge in [-0.2, -0.15) is 0 Å². The van der Waals surface area contributed by atoms with Gasteiger partial charge in [-0.25, -0.2) is 4.39 Å². The van der Waals surface area contributed by atoms with Crippen molar-refractivity contribution >= 4 is 11.8 Å². The standard InChI is InChI=1S/C17H20FNOS/c1-12(2)19-11-13-10-14(18)8-9-15(13)20-16-6-4-5-7-17(16)21-3/h4-10,12,19H,11H2,1-3H3. The summed E-state index contributed by atoms with van der Waals surface area (Å²) in [6.07, 6.45) is 2.01. The third-order valence-electron chi connectivity index (χ3n) is 3.01. The van der Waals surface area contributed by atoms with Crippen LogP contribution in [0.5, 0.6) is 11.5 Å². The molecule has 0 aliphatic carbocycles. The molecule has 0 atom stereocenters. The van der Waals surface area contributed by atoms with Crippen LogP contribution < -0.4 is 10.1 Å². The second kappa shape index (κ2) is 7.48. The Morgan fingerprint density at radius 3 is 2.62 bits per heavy atom. The molecule has 2 aromatic rings. The molecular weight excluding hydrogens is 285 g/mol. The first-order valence-corrected chi connectivity index (χ1v) is 8.15. The van der Waals surface area contributed by atoms with Crippen molar-refractivity contribution in [2.24, 2.45) is 0 Å². The second-order valence-electron chi connectivity index (χ2n) is 5.04. The smallest absolute Gasteiger partial charge is 0.140 e. The first kappa shape index (κ1) is 15.9. The highest BCUT2D eigenvalue weighted by molar-refractivity contribution is 7.98. The van der Waals surface area contributed by atoms with E-state index >= 15 is 0 Å². The molecule has 0 spiro atoms. The molecular formula is C17H20FNOS. The molecule has 2 nitrogen and oxygen atoms in total. The molecule has 0 radical (unpaired) electrons. The zero-order valence-electron chi connectivity index (χ0n) is 12.5. The van der Waals surface area contributed by atoms with E-state index in [2.05, 4.69) is 19.2 Å². The maximum absolute atomic E-state index is 13.5. The summed E-state index contributed by atoms with van der Waals surface area (Å²) in [7, 11) is 0. The van der Waals surface area contributed by atoms with Crippen LogP contribution in [0, 0.1) is 5.82 Å². The van der Waals surface area contributed by atoms with Crippen molar-refractivity contribution in [1.82, 2.24) is 5.32 Å². The van der Waals surface area contributed by atoms with Crippen LogP contribution in [-0.2, 0) is 6.54 Å². The van der Waals surface area contributed by atoms with E-state index in [4.69, 9.17) is 4.74 Å². The molecule has 0 aliphatic rings. The number of hydrogen-bond acceptors (Lipinski definition) is 3. The van der Waals surface area contributed by atoms with Crippen molar-refractivity contribution in [2.45, 2.75) is 31.3 Å². The largest absolute Gasteiger partial charge is 0.456 e. The number of halogens is 1. The van der Waals surface area contributed by atoms with Gasteiger partial charge in [-0.05, 0) is 36.6 Å². The summed E-state index contributed by atoms with van der Waals surface area (Å²) in [6.45, 7) is 4.69. The second-order valence-corrected chi connectivity index (χ2v) is 5.89. The lowest BCUT2D eigenvalue weighted by atomic mass is 10.2. The third kappa shape index (κ3) is 4.48. The minimum Gasteiger partial charge on any atom is -0.456 e. The molecule has 0 saturated carbocycles. The van der Waals surface area contributed by atoms with E-state index in [1.807, 2.05) is 30.5 Å². The SMILES string of the molecule is CSc1ccccc1Oc1ccc(F)cc1CNC(C)C. The first-order chi connectivity index (χ1) is 10.1. The molecule has 1 N–H and O–H groups in total. The molecule has 0 heterocycles. The number of rotatable bonds is 6. The maximum Gasteiger partial charge on any atom is 0.140 e. The van der Waals surface area contributed by atoms with E-state index in [0.717, 1.165) is 16.2 Å². The Morgan fingerprint density at radius 1 is 1.14 bits per heavy atom. The van der Waals surface area contributed by atoms with E-state index < -0.39 is 0 Å². The Balaban J connectivity index is 2.26. The number of hydrogen-bond donors (Lipinski definition) is 1. The maximum atomic E-state index is 13.5. The number of nitrogens with one attached hydrogen (secondary N) is 1. The molecule has 0 aliphatic heterocycles. The van der Waals surface area contributed by atoms with Gasteiger partial charge in [-0.15, -0.1) is 11.8 Å². The van der Waals surface area contributed by atoms with Crippen LogP contribution in [0.3, 0.4) is 0 Å². The summed E-state index contributed by atoms with van der Waals surface area (Å²) in [6, 6.07) is 12.8. The fraction of sp³-hybridized carbons (Fsp3) is 0.294. The predicted octanol–water partition coefficient (Wildman–Crippen LogP) is 4.84. The van der Waals surface area contributed by atoms with Gasteiger partial charge >= 0.3 is 0 Å². The molecule has 112 valence electrons. The number of thioether (sulfide) groups is 1. The van der Waals surface area contributed by atoms with E-state index in [9.17, 15) is 4.39 Å². The van der Waals surface area contributed by atoms with E-state index in [1.165, 1.54) is 12.1 Å². The van der Waals surface area contributed by atoms with Gasteiger partial charge in [-0.1, -0.05) is 26.0 Å². The van der Waals surface area contributed by atoms with Gasteiger partial charge in [0.1, 0.15) is 17.3 Å². The highest BCUT2D eigenvalue weighted by atomic mass is 32.2. The van der Waals surface area contributed by atoms with Crippen molar-refractivity contribution < 1.29 is 9.13 Å². The molecule has 2 rings (SSSR count). The van der Waals surface area contributed by atoms with Crippen molar-refractivity contribution in [1.29, 1.82) is 0 Å². The Labute approximate surface area is 129 Å². The van der Waals surface area contributed by atoms with E-state index in [-0.39, 0.29) is 5.82 Å². The third-order valence-corrected chi connectivity index (χ3v) is 3.79. The Kier molecular flexibility index (Phi) is 5.65. The van der Waals surface area contributed by atoms with Gasteiger partial charge in [0.15, 0.2) is 0 Å². The van der Waals surface area contributed by atoms with Gasteiger partial charge in [-0.3, -0.25) is 0 Å². The van der Waals surface area contributed by atoms with Gasteiger partial charge in [0, 0.05) is 23.0 Å². The number of para-hydroxylation sites is 1. The van der Waals surface area contributed by atoms with Crippen molar-refractivity contribution in [2.75, 3.05) is 6.26 Å². The molecule has 0 unspecified atom stereocenters. The average Bonchev–Trinajstić information content (AvgIpc) is 2.48. The highest BCUT2D eigenvalue weighted by Gasteiger charge is 2.09. The Bertz CT molecular complexity index is 601. The fourth-order valence-electron chi connectivity index (χ4n) is 1.92. The van der Waals surface area contributed by atoms with E-state index in [0.29, 0.717) is 18.3 Å². The highest BCUT2D eigenvalue weighted by Crippen LogP contribution is 2.33. The first-order valence-electron chi connectivity index (χ1n) is 6.93. The van der Waals surface area contributed by atoms with Crippen LogP contribution in [0.4, 0.5) is 4.39 Å². The molecule has 4 heteroatoms. The van der Waals surface area contributed by atoms with E-state index in [1.54, 1.807) is 17.8 Å². The lowest BCUT2D eigenvalue weighted by Crippen LogP contribution is -2.22. The molecule has 0 aromatic heterocycles. The van der Waals surface area contributed by atoms with Gasteiger partial charge in [0.05, 0.1) is 0 Å².